The smallest absolute Gasteiger partial charge is 0.308 e. The van der Waals surface area contributed by atoms with Crippen LogP contribution in [0.3, 0.4) is 0 Å². The van der Waals surface area contributed by atoms with Gasteiger partial charge >= 0.3 is 6.03 Å². The van der Waals surface area contributed by atoms with Crippen molar-refractivity contribution in [3.05, 3.63) is 90.6 Å². The van der Waals surface area contributed by atoms with E-state index >= 15 is 0 Å². The van der Waals surface area contributed by atoms with Gasteiger partial charge in [0.2, 0.25) is 5.82 Å². The van der Waals surface area contributed by atoms with E-state index in [1.807, 2.05) is 85.8 Å². The quantitative estimate of drug-likeness (QED) is 0.434. The zero-order chi connectivity index (χ0) is 21.9. The van der Waals surface area contributed by atoms with E-state index in [0.717, 1.165) is 22.5 Å². The predicted molar refractivity (Wildman–Crippen MR) is 123 cm³/mol. The van der Waals surface area contributed by atoms with E-state index < -0.39 is 0 Å². The van der Waals surface area contributed by atoms with Crippen LogP contribution in [0.4, 0.5) is 16.2 Å². The molecule has 8 heteroatoms. The Morgan fingerprint density at radius 2 is 1.62 bits per heavy atom. The first kappa shape index (κ1) is 19.4. The molecule has 5 rings (SSSR count). The fraction of sp³-hybridized carbons (Fsp3) is 0.0417. The van der Waals surface area contributed by atoms with E-state index in [9.17, 15) is 4.79 Å². The van der Waals surface area contributed by atoms with Gasteiger partial charge in [0.05, 0.1) is 5.69 Å². The van der Waals surface area contributed by atoms with Crippen LogP contribution >= 0.6 is 0 Å². The average Bonchev–Trinajstić information content (AvgIpc) is 3.23. The molecule has 0 saturated heterocycles. The topological polar surface area (TPSA) is 97.1 Å². The fourth-order valence-corrected chi connectivity index (χ4v) is 3.37. The molecular weight excluding hydrogens is 402 g/mol. The Kier molecular flexibility index (Phi) is 5.01. The predicted octanol–water partition coefficient (Wildman–Crippen LogP) is 4.81. The standard InChI is InChI=1S/C24H19N7O/c1-16-6-4-8-18(14-16)26-24(32)27-19-9-5-7-17(15-19)20-11-12-22-28-29-23(31(22)30-20)21-10-2-3-13-25-21/h2-15H,1H3,(H2,26,27,32). The molecule has 0 fully saturated rings. The number of benzene rings is 2. The summed E-state index contributed by atoms with van der Waals surface area (Å²) in [6, 6.07) is 24.2. The van der Waals surface area contributed by atoms with Crippen molar-refractivity contribution in [1.82, 2.24) is 24.8 Å². The van der Waals surface area contributed by atoms with Gasteiger partial charge < -0.3 is 10.6 Å². The Morgan fingerprint density at radius 3 is 2.41 bits per heavy atom. The first-order chi connectivity index (χ1) is 15.7. The molecule has 0 aliphatic heterocycles. The second kappa shape index (κ2) is 8.27. The van der Waals surface area contributed by atoms with Gasteiger partial charge in [0.25, 0.3) is 0 Å². The van der Waals surface area contributed by atoms with Crippen molar-refractivity contribution >= 4 is 23.1 Å². The summed E-state index contributed by atoms with van der Waals surface area (Å²) in [6.07, 6.45) is 1.71. The summed E-state index contributed by atoms with van der Waals surface area (Å²) >= 11 is 0. The molecule has 2 aromatic carbocycles. The van der Waals surface area contributed by atoms with Crippen molar-refractivity contribution in [1.29, 1.82) is 0 Å². The molecule has 156 valence electrons. The van der Waals surface area contributed by atoms with Crippen LogP contribution in [0.15, 0.2) is 85.1 Å². The third kappa shape index (κ3) is 4.01. The summed E-state index contributed by atoms with van der Waals surface area (Å²) in [7, 11) is 0. The summed E-state index contributed by atoms with van der Waals surface area (Å²) in [5, 5.41) is 18.8. The third-order valence-electron chi connectivity index (χ3n) is 4.85. The maximum atomic E-state index is 12.4. The van der Waals surface area contributed by atoms with Crippen molar-refractivity contribution in [3.8, 4) is 22.8 Å². The molecule has 3 aromatic heterocycles. The van der Waals surface area contributed by atoms with E-state index in [1.165, 1.54) is 0 Å². The first-order valence-corrected chi connectivity index (χ1v) is 10.0. The number of amides is 2. The number of urea groups is 1. The number of fused-ring (bicyclic) bond motifs is 1. The Bertz CT molecular complexity index is 1410. The van der Waals surface area contributed by atoms with Crippen LogP contribution in [0.25, 0.3) is 28.4 Å². The van der Waals surface area contributed by atoms with Gasteiger partial charge in [0.15, 0.2) is 5.65 Å². The third-order valence-corrected chi connectivity index (χ3v) is 4.85. The lowest BCUT2D eigenvalue weighted by Gasteiger charge is -2.10. The molecular formula is C24H19N7O. The van der Waals surface area contributed by atoms with Gasteiger partial charge in [-0.05, 0) is 61.0 Å². The highest BCUT2D eigenvalue weighted by molar-refractivity contribution is 6.00. The number of rotatable bonds is 4. The zero-order valence-electron chi connectivity index (χ0n) is 17.2. The number of aryl methyl sites for hydroxylation is 1. The van der Waals surface area contributed by atoms with Crippen LogP contribution in [0, 0.1) is 6.92 Å². The molecule has 0 bridgehead atoms. The molecule has 0 atom stereocenters. The highest BCUT2D eigenvalue weighted by Gasteiger charge is 2.12. The lowest BCUT2D eigenvalue weighted by molar-refractivity contribution is 0.262. The zero-order valence-corrected chi connectivity index (χ0v) is 17.2. The number of pyridine rings is 1. The second-order valence-electron chi connectivity index (χ2n) is 7.26. The van der Waals surface area contributed by atoms with Gasteiger partial charge in [-0.25, -0.2) is 4.79 Å². The molecule has 0 saturated carbocycles. The van der Waals surface area contributed by atoms with Crippen LogP contribution in [0.2, 0.25) is 0 Å². The van der Waals surface area contributed by atoms with Gasteiger partial charge in [-0.2, -0.15) is 9.61 Å². The summed E-state index contributed by atoms with van der Waals surface area (Å²) in [4.78, 5) is 16.8. The number of carbonyl (C=O) groups excluding carboxylic acids is 1. The maximum absolute atomic E-state index is 12.4. The Morgan fingerprint density at radius 1 is 0.812 bits per heavy atom. The van der Waals surface area contributed by atoms with E-state index in [4.69, 9.17) is 5.10 Å². The molecule has 2 amide bonds. The molecule has 5 aromatic rings. The van der Waals surface area contributed by atoms with E-state index in [2.05, 4.69) is 25.8 Å². The van der Waals surface area contributed by atoms with Crippen LogP contribution < -0.4 is 10.6 Å². The van der Waals surface area contributed by atoms with Gasteiger partial charge in [0.1, 0.15) is 5.69 Å². The summed E-state index contributed by atoms with van der Waals surface area (Å²) in [6.45, 7) is 1.98. The van der Waals surface area contributed by atoms with Crippen LogP contribution in [-0.4, -0.2) is 30.8 Å². The summed E-state index contributed by atoms with van der Waals surface area (Å²) < 4.78 is 1.67. The average molecular weight is 421 g/mol. The molecule has 0 aliphatic carbocycles. The molecule has 8 nitrogen and oxygen atoms in total. The highest BCUT2D eigenvalue weighted by Crippen LogP contribution is 2.23. The monoisotopic (exact) mass is 421 g/mol. The van der Waals surface area contributed by atoms with Crippen LogP contribution in [-0.2, 0) is 0 Å². The number of hydrogen-bond donors (Lipinski definition) is 2. The van der Waals surface area contributed by atoms with Crippen molar-refractivity contribution in [2.45, 2.75) is 6.92 Å². The normalized spacial score (nSPS) is 10.8. The first-order valence-electron chi connectivity index (χ1n) is 10.0. The van der Waals surface area contributed by atoms with Crippen molar-refractivity contribution in [3.63, 3.8) is 0 Å². The van der Waals surface area contributed by atoms with Crippen LogP contribution in [0.5, 0.6) is 0 Å². The van der Waals surface area contributed by atoms with E-state index in [1.54, 1.807) is 10.7 Å². The Balaban J connectivity index is 1.41. The summed E-state index contributed by atoms with van der Waals surface area (Å²) in [5.74, 6) is 0.564. The molecule has 0 spiro atoms. The largest absolute Gasteiger partial charge is 0.323 e. The second-order valence-corrected chi connectivity index (χ2v) is 7.26. The van der Waals surface area contributed by atoms with Crippen LogP contribution in [0.1, 0.15) is 5.56 Å². The minimum absolute atomic E-state index is 0.313. The number of hydrogen-bond acceptors (Lipinski definition) is 5. The van der Waals surface area contributed by atoms with Gasteiger partial charge in [-0.15, -0.1) is 10.2 Å². The summed E-state index contributed by atoms with van der Waals surface area (Å²) in [5.41, 5.74) is 5.35. The molecule has 0 radical (unpaired) electrons. The fourth-order valence-electron chi connectivity index (χ4n) is 3.37. The number of aromatic nitrogens is 5. The van der Waals surface area contributed by atoms with Gasteiger partial charge in [0, 0.05) is 23.1 Å². The molecule has 2 N–H and O–H groups in total. The van der Waals surface area contributed by atoms with Gasteiger partial charge in [-0.3, -0.25) is 4.98 Å². The number of carbonyl (C=O) groups is 1. The van der Waals surface area contributed by atoms with Gasteiger partial charge in [-0.1, -0.05) is 30.3 Å². The minimum Gasteiger partial charge on any atom is -0.308 e. The van der Waals surface area contributed by atoms with Crippen molar-refractivity contribution in [2.75, 3.05) is 10.6 Å². The molecule has 3 heterocycles. The minimum atomic E-state index is -0.313. The number of nitrogens with one attached hydrogen (secondary N) is 2. The van der Waals surface area contributed by atoms with Crippen molar-refractivity contribution in [2.24, 2.45) is 0 Å². The maximum Gasteiger partial charge on any atom is 0.323 e. The highest BCUT2D eigenvalue weighted by atomic mass is 16.2. The van der Waals surface area contributed by atoms with E-state index in [0.29, 0.717) is 22.9 Å². The number of nitrogens with zero attached hydrogens (tertiary/aromatic N) is 5. The SMILES string of the molecule is Cc1cccc(NC(=O)Nc2cccc(-c3ccc4nnc(-c5ccccn5)n4n3)c2)c1. The molecule has 32 heavy (non-hydrogen) atoms. The lowest BCUT2D eigenvalue weighted by atomic mass is 10.1. The van der Waals surface area contributed by atoms with E-state index in [-0.39, 0.29) is 6.03 Å². The Labute approximate surface area is 184 Å². The molecule has 0 unspecified atom stereocenters. The number of anilines is 2. The Hall–Kier alpha value is -4.59. The molecule has 0 aliphatic rings. The van der Waals surface area contributed by atoms with Crippen molar-refractivity contribution < 1.29 is 4.79 Å². The lowest BCUT2D eigenvalue weighted by Crippen LogP contribution is -2.19.